The summed E-state index contributed by atoms with van der Waals surface area (Å²) < 4.78 is 5.95. The average molecular weight is 282 g/mol. The van der Waals surface area contributed by atoms with Gasteiger partial charge in [0.15, 0.2) is 0 Å². The van der Waals surface area contributed by atoms with E-state index in [-0.39, 0.29) is 5.97 Å². The zero-order valence-electron chi connectivity index (χ0n) is 12.9. The van der Waals surface area contributed by atoms with Gasteiger partial charge in [-0.05, 0) is 49.7 Å². The molecule has 0 N–H and O–H groups in total. The number of unbranched alkanes of at least 4 members (excludes halogenated alkanes) is 3. The summed E-state index contributed by atoms with van der Waals surface area (Å²) in [6.07, 6.45) is 10.8. The molecule has 0 saturated heterocycles. The SMILES string of the molecule is CCCCCCC(=O)O[Si](C)(C)C1CC2CCC1C2. The van der Waals surface area contributed by atoms with Crippen molar-refractivity contribution in [1.82, 2.24) is 0 Å². The molecule has 3 heteroatoms. The van der Waals surface area contributed by atoms with Crippen LogP contribution in [-0.2, 0) is 9.22 Å². The van der Waals surface area contributed by atoms with Gasteiger partial charge < -0.3 is 4.43 Å². The average Bonchev–Trinajstić information content (AvgIpc) is 2.96. The highest BCUT2D eigenvalue weighted by molar-refractivity contribution is 6.74. The van der Waals surface area contributed by atoms with Gasteiger partial charge in [-0.1, -0.05) is 39.0 Å². The van der Waals surface area contributed by atoms with Crippen LogP contribution < -0.4 is 0 Å². The molecule has 0 aromatic rings. The van der Waals surface area contributed by atoms with E-state index in [1.165, 1.54) is 44.9 Å². The Balaban J connectivity index is 1.75. The number of rotatable bonds is 7. The molecular formula is C16H30O2Si. The molecule has 0 aliphatic heterocycles. The van der Waals surface area contributed by atoms with Crippen LogP contribution in [0.3, 0.4) is 0 Å². The van der Waals surface area contributed by atoms with E-state index in [2.05, 4.69) is 20.0 Å². The molecule has 2 aliphatic carbocycles. The van der Waals surface area contributed by atoms with E-state index in [0.717, 1.165) is 23.8 Å². The predicted molar refractivity (Wildman–Crippen MR) is 81.5 cm³/mol. The summed E-state index contributed by atoms with van der Waals surface area (Å²) in [6, 6.07) is 0. The Hall–Kier alpha value is -0.313. The van der Waals surface area contributed by atoms with Gasteiger partial charge in [-0.25, -0.2) is 0 Å². The second-order valence-electron chi connectivity index (χ2n) is 7.17. The number of hydrogen-bond donors (Lipinski definition) is 0. The molecule has 2 nitrogen and oxygen atoms in total. The number of hydrogen-bond acceptors (Lipinski definition) is 2. The molecule has 3 unspecified atom stereocenters. The van der Waals surface area contributed by atoms with E-state index in [4.69, 9.17) is 4.43 Å². The molecule has 2 rings (SSSR count). The third-order valence-electron chi connectivity index (χ3n) is 5.24. The van der Waals surface area contributed by atoms with Crippen molar-refractivity contribution in [3.05, 3.63) is 0 Å². The fourth-order valence-electron chi connectivity index (χ4n) is 4.21. The van der Waals surface area contributed by atoms with Crippen LogP contribution in [0.1, 0.15) is 64.7 Å². The number of carbonyl (C=O) groups excluding carboxylic acids is 1. The standard InChI is InChI=1S/C16H30O2Si/c1-4-5-6-7-8-16(17)18-19(2,3)15-12-13-9-10-14(15)11-13/h13-15H,4-12H2,1-3H3. The summed E-state index contributed by atoms with van der Waals surface area (Å²) in [5.74, 6) is 1.90. The van der Waals surface area contributed by atoms with Gasteiger partial charge in [-0.3, -0.25) is 4.79 Å². The fourth-order valence-corrected chi connectivity index (χ4v) is 7.39. The molecule has 0 heterocycles. The maximum atomic E-state index is 12.0. The second-order valence-corrected chi connectivity index (χ2v) is 11.3. The van der Waals surface area contributed by atoms with Crippen LogP contribution in [0.15, 0.2) is 0 Å². The van der Waals surface area contributed by atoms with Gasteiger partial charge in [-0.15, -0.1) is 0 Å². The quantitative estimate of drug-likeness (QED) is 0.490. The molecule has 0 aromatic heterocycles. The van der Waals surface area contributed by atoms with Crippen LogP contribution >= 0.6 is 0 Å². The van der Waals surface area contributed by atoms with Crippen LogP contribution in [0.5, 0.6) is 0 Å². The van der Waals surface area contributed by atoms with Gasteiger partial charge in [0.25, 0.3) is 14.3 Å². The van der Waals surface area contributed by atoms with Gasteiger partial charge in [0.2, 0.25) is 0 Å². The first-order valence-corrected chi connectivity index (χ1v) is 11.2. The minimum Gasteiger partial charge on any atom is -0.519 e. The summed E-state index contributed by atoms with van der Waals surface area (Å²) >= 11 is 0. The van der Waals surface area contributed by atoms with Gasteiger partial charge in [0, 0.05) is 6.42 Å². The molecule has 0 amide bonds. The first-order valence-electron chi connectivity index (χ1n) is 8.24. The highest BCUT2D eigenvalue weighted by atomic mass is 28.4. The van der Waals surface area contributed by atoms with Gasteiger partial charge in [0.05, 0.1) is 0 Å². The van der Waals surface area contributed by atoms with Gasteiger partial charge in [0.1, 0.15) is 0 Å². The topological polar surface area (TPSA) is 26.3 Å². The van der Waals surface area contributed by atoms with E-state index in [1.54, 1.807) is 0 Å². The first kappa shape index (κ1) is 15.1. The Morgan fingerprint density at radius 3 is 2.53 bits per heavy atom. The van der Waals surface area contributed by atoms with E-state index < -0.39 is 8.32 Å². The lowest BCUT2D eigenvalue weighted by Gasteiger charge is -2.34. The van der Waals surface area contributed by atoms with Crippen LogP contribution in [0.4, 0.5) is 0 Å². The largest absolute Gasteiger partial charge is 0.519 e. The van der Waals surface area contributed by atoms with Crippen molar-refractivity contribution in [3.63, 3.8) is 0 Å². The molecule has 0 radical (unpaired) electrons. The lowest BCUT2D eigenvalue weighted by atomic mass is 10.0. The Kier molecular flexibility index (Phi) is 5.10. The van der Waals surface area contributed by atoms with E-state index in [1.807, 2.05) is 0 Å². The molecule has 3 atom stereocenters. The molecule has 2 bridgehead atoms. The number of carbonyl (C=O) groups is 1. The Bertz CT molecular complexity index is 314. The molecule has 2 saturated carbocycles. The smallest absolute Gasteiger partial charge is 0.292 e. The van der Waals surface area contributed by atoms with Gasteiger partial charge >= 0.3 is 0 Å². The molecule has 2 aliphatic rings. The normalized spacial score (nSPS) is 29.7. The zero-order chi connectivity index (χ0) is 13.9. The molecular weight excluding hydrogens is 252 g/mol. The van der Waals surface area contributed by atoms with E-state index in [0.29, 0.717) is 6.42 Å². The maximum Gasteiger partial charge on any atom is 0.292 e. The lowest BCUT2D eigenvalue weighted by molar-refractivity contribution is -0.135. The summed E-state index contributed by atoms with van der Waals surface area (Å²) in [5.41, 5.74) is 0.742. The van der Waals surface area contributed by atoms with Crippen molar-refractivity contribution in [1.29, 1.82) is 0 Å². The monoisotopic (exact) mass is 282 g/mol. The van der Waals surface area contributed by atoms with Crippen molar-refractivity contribution in [2.45, 2.75) is 83.3 Å². The highest BCUT2D eigenvalue weighted by Gasteiger charge is 2.50. The van der Waals surface area contributed by atoms with Crippen molar-refractivity contribution >= 4 is 14.3 Å². The van der Waals surface area contributed by atoms with Crippen LogP contribution in [0.2, 0.25) is 18.6 Å². The Labute approximate surface area is 119 Å². The summed E-state index contributed by atoms with van der Waals surface area (Å²) in [5, 5.41) is 0. The van der Waals surface area contributed by atoms with Crippen molar-refractivity contribution < 1.29 is 9.22 Å². The minimum atomic E-state index is -1.80. The summed E-state index contributed by atoms with van der Waals surface area (Å²) in [7, 11) is -1.80. The van der Waals surface area contributed by atoms with Crippen molar-refractivity contribution in [2.75, 3.05) is 0 Å². The van der Waals surface area contributed by atoms with Crippen LogP contribution in [0, 0.1) is 11.8 Å². The number of fused-ring (bicyclic) bond motifs is 2. The third kappa shape index (κ3) is 3.84. The first-order chi connectivity index (χ1) is 9.03. The molecule has 0 spiro atoms. The summed E-state index contributed by atoms with van der Waals surface area (Å²) in [6.45, 7) is 6.73. The van der Waals surface area contributed by atoms with E-state index in [9.17, 15) is 4.79 Å². The van der Waals surface area contributed by atoms with E-state index >= 15 is 0 Å². The Morgan fingerprint density at radius 1 is 1.16 bits per heavy atom. The van der Waals surface area contributed by atoms with Crippen LogP contribution in [-0.4, -0.2) is 14.3 Å². The maximum absolute atomic E-state index is 12.0. The van der Waals surface area contributed by atoms with Crippen molar-refractivity contribution in [2.24, 2.45) is 11.8 Å². The highest BCUT2D eigenvalue weighted by Crippen LogP contribution is 2.55. The second kappa shape index (κ2) is 6.42. The minimum absolute atomic E-state index is 0.0792. The summed E-state index contributed by atoms with van der Waals surface area (Å²) in [4.78, 5) is 12.0. The molecule has 2 fully saturated rings. The van der Waals surface area contributed by atoms with Crippen LogP contribution in [0.25, 0.3) is 0 Å². The lowest BCUT2D eigenvalue weighted by Crippen LogP contribution is -2.41. The molecule has 0 aromatic carbocycles. The molecule has 110 valence electrons. The third-order valence-corrected chi connectivity index (χ3v) is 8.49. The molecule has 19 heavy (non-hydrogen) atoms. The predicted octanol–water partition coefficient (Wildman–Crippen LogP) is 4.90. The fraction of sp³-hybridized carbons (Fsp3) is 0.938. The zero-order valence-corrected chi connectivity index (χ0v) is 13.9. The van der Waals surface area contributed by atoms with Crippen molar-refractivity contribution in [3.8, 4) is 0 Å². The van der Waals surface area contributed by atoms with Gasteiger partial charge in [-0.2, -0.15) is 0 Å². The Morgan fingerprint density at radius 2 is 1.95 bits per heavy atom.